The lowest BCUT2D eigenvalue weighted by atomic mass is 9.96. The first-order valence-corrected chi connectivity index (χ1v) is 6.68. The lowest BCUT2D eigenvalue weighted by molar-refractivity contribution is -0.123. The van der Waals surface area contributed by atoms with Gasteiger partial charge in [0.25, 0.3) is 0 Å². The van der Waals surface area contributed by atoms with Crippen LogP contribution in [0.4, 0.5) is 10.8 Å². The van der Waals surface area contributed by atoms with E-state index in [4.69, 9.17) is 10.5 Å². The number of amides is 1. The first kappa shape index (κ1) is 13.6. The minimum atomic E-state index is -0.457. The van der Waals surface area contributed by atoms with Gasteiger partial charge < -0.3 is 15.8 Å². The summed E-state index contributed by atoms with van der Waals surface area (Å²) in [6.07, 6.45) is 0. The molecular weight excluding hydrogens is 262 g/mol. The summed E-state index contributed by atoms with van der Waals surface area (Å²) in [7, 11) is 1.57. The van der Waals surface area contributed by atoms with Crippen molar-refractivity contribution in [2.75, 3.05) is 18.2 Å². The van der Waals surface area contributed by atoms with Crippen LogP contribution in [0.15, 0.2) is 12.1 Å². The number of thiazole rings is 1. The maximum atomic E-state index is 11.9. The summed E-state index contributed by atoms with van der Waals surface area (Å²) in [6.45, 7) is 5.57. The zero-order valence-corrected chi connectivity index (χ0v) is 12.2. The van der Waals surface area contributed by atoms with Crippen LogP contribution in [0.5, 0.6) is 5.75 Å². The number of fused-ring (bicyclic) bond motifs is 1. The van der Waals surface area contributed by atoms with E-state index >= 15 is 0 Å². The van der Waals surface area contributed by atoms with Gasteiger partial charge in [0.2, 0.25) is 5.91 Å². The third kappa shape index (κ3) is 2.78. The molecule has 6 heteroatoms. The number of ether oxygens (including phenoxy) is 1. The van der Waals surface area contributed by atoms with Crippen LogP contribution in [0.3, 0.4) is 0 Å². The van der Waals surface area contributed by atoms with Crippen molar-refractivity contribution in [1.82, 2.24) is 4.98 Å². The molecule has 102 valence electrons. The Morgan fingerprint density at radius 1 is 1.42 bits per heavy atom. The van der Waals surface area contributed by atoms with Crippen LogP contribution < -0.4 is 15.8 Å². The number of hydrogen-bond donors (Lipinski definition) is 2. The Morgan fingerprint density at radius 3 is 2.68 bits per heavy atom. The fraction of sp³-hybridized carbons (Fsp3) is 0.385. The van der Waals surface area contributed by atoms with Gasteiger partial charge in [0, 0.05) is 17.2 Å². The van der Waals surface area contributed by atoms with E-state index in [-0.39, 0.29) is 5.91 Å². The van der Waals surface area contributed by atoms with Gasteiger partial charge in [-0.1, -0.05) is 32.1 Å². The van der Waals surface area contributed by atoms with Gasteiger partial charge in [-0.15, -0.1) is 0 Å². The molecule has 0 bridgehead atoms. The van der Waals surface area contributed by atoms with E-state index in [9.17, 15) is 4.79 Å². The standard InChI is InChI=1S/C13H17N3O2S/c1-13(2,3)11(17)16-12-15-10-8(18-4)5-7(14)6-9(10)19-12/h5-6H,14H2,1-4H3,(H,15,16,17). The molecule has 0 saturated heterocycles. The van der Waals surface area contributed by atoms with Gasteiger partial charge in [0.1, 0.15) is 11.3 Å². The van der Waals surface area contributed by atoms with Crippen molar-refractivity contribution in [2.45, 2.75) is 20.8 Å². The summed E-state index contributed by atoms with van der Waals surface area (Å²) in [5.41, 5.74) is 6.66. The number of nitrogens with one attached hydrogen (secondary N) is 1. The molecule has 0 aliphatic heterocycles. The van der Waals surface area contributed by atoms with Crippen LogP contribution in [0.1, 0.15) is 20.8 Å². The predicted molar refractivity (Wildman–Crippen MR) is 78.7 cm³/mol. The summed E-state index contributed by atoms with van der Waals surface area (Å²) in [4.78, 5) is 16.3. The number of hydrogen-bond acceptors (Lipinski definition) is 5. The topological polar surface area (TPSA) is 77.2 Å². The van der Waals surface area contributed by atoms with Crippen molar-refractivity contribution >= 4 is 38.3 Å². The van der Waals surface area contributed by atoms with Crippen molar-refractivity contribution in [3.63, 3.8) is 0 Å². The second-order valence-corrected chi connectivity index (χ2v) is 6.32. The largest absolute Gasteiger partial charge is 0.494 e. The van der Waals surface area contributed by atoms with Crippen LogP contribution >= 0.6 is 11.3 Å². The summed E-state index contributed by atoms with van der Waals surface area (Å²) < 4.78 is 6.14. The van der Waals surface area contributed by atoms with Gasteiger partial charge in [-0.3, -0.25) is 4.79 Å². The smallest absolute Gasteiger partial charge is 0.231 e. The molecule has 0 spiro atoms. The Kier molecular flexibility index (Phi) is 3.36. The minimum absolute atomic E-state index is 0.0708. The number of nitrogen functional groups attached to an aromatic ring is 1. The number of nitrogens with zero attached hydrogens (tertiary/aromatic N) is 1. The molecule has 0 radical (unpaired) electrons. The number of aromatic nitrogens is 1. The molecule has 1 aromatic heterocycles. The molecule has 0 unspecified atom stereocenters. The lowest BCUT2D eigenvalue weighted by Gasteiger charge is -2.15. The Bertz CT molecular complexity index is 629. The molecule has 2 rings (SSSR count). The molecule has 0 aliphatic carbocycles. The maximum absolute atomic E-state index is 11.9. The minimum Gasteiger partial charge on any atom is -0.494 e. The highest BCUT2D eigenvalue weighted by Crippen LogP contribution is 2.35. The molecule has 2 aromatic rings. The van der Waals surface area contributed by atoms with Gasteiger partial charge in [-0.2, -0.15) is 0 Å². The van der Waals surface area contributed by atoms with Gasteiger partial charge in [0.15, 0.2) is 5.13 Å². The van der Waals surface area contributed by atoms with E-state index in [1.165, 1.54) is 11.3 Å². The second kappa shape index (κ2) is 4.70. The number of benzene rings is 1. The predicted octanol–water partition coefficient (Wildman–Crippen LogP) is 2.87. The monoisotopic (exact) mass is 279 g/mol. The number of methoxy groups -OCH3 is 1. The van der Waals surface area contributed by atoms with Crippen molar-refractivity contribution < 1.29 is 9.53 Å². The fourth-order valence-corrected chi connectivity index (χ4v) is 2.44. The van der Waals surface area contributed by atoms with Gasteiger partial charge in [-0.25, -0.2) is 4.98 Å². The lowest BCUT2D eigenvalue weighted by Crippen LogP contribution is -2.27. The van der Waals surface area contributed by atoms with E-state index in [0.717, 1.165) is 4.70 Å². The van der Waals surface area contributed by atoms with Gasteiger partial charge in [-0.05, 0) is 6.07 Å². The van der Waals surface area contributed by atoms with Crippen molar-refractivity contribution in [2.24, 2.45) is 5.41 Å². The van der Waals surface area contributed by atoms with Gasteiger partial charge >= 0.3 is 0 Å². The summed E-state index contributed by atoms with van der Waals surface area (Å²) in [5, 5.41) is 3.37. The molecule has 19 heavy (non-hydrogen) atoms. The number of carbonyl (C=O) groups excluding carboxylic acids is 1. The van der Waals surface area contributed by atoms with E-state index in [0.29, 0.717) is 22.1 Å². The van der Waals surface area contributed by atoms with Crippen LogP contribution in [-0.2, 0) is 4.79 Å². The molecule has 0 aliphatic rings. The highest BCUT2D eigenvalue weighted by atomic mass is 32.1. The van der Waals surface area contributed by atoms with Crippen LogP contribution in [-0.4, -0.2) is 18.0 Å². The summed E-state index contributed by atoms with van der Waals surface area (Å²) in [6, 6.07) is 3.54. The second-order valence-electron chi connectivity index (χ2n) is 5.29. The molecule has 1 aromatic carbocycles. The Balaban J connectivity index is 2.39. The zero-order valence-electron chi connectivity index (χ0n) is 11.4. The number of nitrogens with two attached hydrogens (primary N) is 1. The molecular formula is C13H17N3O2S. The zero-order chi connectivity index (χ0) is 14.2. The molecule has 0 fully saturated rings. The third-order valence-electron chi connectivity index (χ3n) is 2.60. The fourth-order valence-electron chi connectivity index (χ4n) is 1.51. The molecule has 1 amide bonds. The van der Waals surface area contributed by atoms with Crippen LogP contribution in [0.2, 0.25) is 0 Å². The highest BCUT2D eigenvalue weighted by Gasteiger charge is 2.22. The van der Waals surface area contributed by atoms with E-state index < -0.39 is 5.41 Å². The van der Waals surface area contributed by atoms with E-state index in [1.807, 2.05) is 26.8 Å². The average Bonchev–Trinajstić information content (AvgIpc) is 2.68. The molecule has 0 atom stereocenters. The molecule has 0 saturated carbocycles. The Hall–Kier alpha value is -1.82. The number of anilines is 2. The first-order chi connectivity index (χ1) is 8.81. The number of rotatable bonds is 2. The van der Waals surface area contributed by atoms with E-state index in [1.54, 1.807) is 13.2 Å². The quantitative estimate of drug-likeness (QED) is 0.829. The highest BCUT2D eigenvalue weighted by molar-refractivity contribution is 7.22. The van der Waals surface area contributed by atoms with Gasteiger partial charge in [0.05, 0.1) is 11.8 Å². The molecule has 5 nitrogen and oxygen atoms in total. The Morgan fingerprint density at radius 2 is 2.11 bits per heavy atom. The SMILES string of the molecule is COc1cc(N)cc2sc(NC(=O)C(C)(C)C)nc12. The normalized spacial score (nSPS) is 11.6. The van der Waals surface area contributed by atoms with E-state index in [2.05, 4.69) is 10.3 Å². The maximum Gasteiger partial charge on any atom is 0.231 e. The number of carbonyl (C=O) groups is 1. The molecule has 3 N–H and O–H groups in total. The third-order valence-corrected chi connectivity index (χ3v) is 3.52. The summed E-state index contributed by atoms with van der Waals surface area (Å²) >= 11 is 1.38. The average molecular weight is 279 g/mol. The molecule has 1 heterocycles. The summed E-state index contributed by atoms with van der Waals surface area (Å²) in [5.74, 6) is 0.543. The Labute approximate surface area is 115 Å². The van der Waals surface area contributed by atoms with Crippen molar-refractivity contribution in [1.29, 1.82) is 0 Å². The van der Waals surface area contributed by atoms with Crippen molar-refractivity contribution in [3.8, 4) is 5.75 Å². The van der Waals surface area contributed by atoms with Crippen LogP contribution in [0, 0.1) is 5.41 Å². The van der Waals surface area contributed by atoms with Crippen molar-refractivity contribution in [3.05, 3.63) is 12.1 Å². The first-order valence-electron chi connectivity index (χ1n) is 5.87. The van der Waals surface area contributed by atoms with Crippen LogP contribution in [0.25, 0.3) is 10.2 Å².